The molecule has 0 spiro atoms. The fourth-order valence-corrected chi connectivity index (χ4v) is 1.95. The zero-order chi connectivity index (χ0) is 8.84. The highest BCUT2D eigenvalue weighted by Gasteiger charge is 2.05. The molecule has 4 heteroatoms. The van der Waals surface area contributed by atoms with E-state index in [2.05, 4.69) is 20.9 Å². The summed E-state index contributed by atoms with van der Waals surface area (Å²) in [6.07, 6.45) is 3.46. The number of pyridine rings is 1. The van der Waals surface area contributed by atoms with Crippen LogP contribution in [0.25, 0.3) is 16.7 Å². The van der Waals surface area contributed by atoms with Crippen molar-refractivity contribution >= 4 is 32.7 Å². The first-order valence-electron chi connectivity index (χ1n) is 3.85. The Morgan fingerprint density at radius 2 is 2.23 bits per heavy atom. The van der Waals surface area contributed by atoms with Crippen molar-refractivity contribution in [1.29, 1.82) is 0 Å². The maximum atomic E-state index is 5.28. The summed E-state index contributed by atoms with van der Waals surface area (Å²) in [5, 5.41) is 0. The van der Waals surface area contributed by atoms with Gasteiger partial charge in [-0.05, 0) is 28.1 Å². The van der Waals surface area contributed by atoms with E-state index in [9.17, 15) is 0 Å². The van der Waals surface area contributed by atoms with Crippen molar-refractivity contribution in [3.05, 3.63) is 35.3 Å². The van der Waals surface area contributed by atoms with E-state index >= 15 is 0 Å². The third kappa shape index (κ3) is 0.862. The molecule has 0 bridgehead atoms. The molecular formula is C9H5BrN2O. The Morgan fingerprint density at radius 1 is 1.31 bits per heavy atom. The second-order valence-electron chi connectivity index (χ2n) is 2.78. The first-order chi connectivity index (χ1) is 6.36. The first-order valence-corrected chi connectivity index (χ1v) is 4.65. The molecule has 0 aliphatic heterocycles. The van der Waals surface area contributed by atoms with Crippen LogP contribution < -0.4 is 0 Å². The lowest BCUT2D eigenvalue weighted by molar-refractivity contribution is 0.615. The van der Waals surface area contributed by atoms with E-state index in [-0.39, 0.29) is 0 Å². The SMILES string of the molecule is Brc1cnc2ccc3occc3n12. The maximum Gasteiger partial charge on any atom is 0.150 e. The Morgan fingerprint density at radius 3 is 3.15 bits per heavy atom. The summed E-state index contributed by atoms with van der Waals surface area (Å²) in [4.78, 5) is 4.22. The molecular weight excluding hydrogens is 232 g/mol. The number of furan rings is 1. The fourth-order valence-electron chi connectivity index (χ4n) is 1.47. The molecule has 0 fully saturated rings. The van der Waals surface area contributed by atoms with Gasteiger partial charge in [-0.15, -0.1) is 0 Å². The van der Waals surface area contributed by atoms with Crippen molar-refractivity contribution in [2.24, 2.45) is 0 Å². The van der Waals surface area contributed by atoms with Crippen LogP contribution in [0.5, 0.6) is 0 Å². The molecule has 0 aromatic carbocycles. The van der Waals surface area contributed by atoms with E-state index in [1.807, 2.05) is 22.6 Å². The quantitative estimate of drug-likeness (QED) is 0.601. The lowest BCUT2D eigenvalue weighted by Gasteiger charge is -1.95. The lowest BCUT2D eigenvalue weighted by atomic mass is 10.4. The van der Waals surface area contributed by atoms with Gasteiger partial charge >= 0.3 is 0 Å². The van der Waals surface area contributed by atoms with Gasteiger partial charge in [-0.1, -0.05) is 0 Å². The summed E-state index contributed by atoms with van der Waals surface area (Å²) in [5.74, 6) is 0. The smallest absolute Gasteiger partial charge is 0.150 e. The van der Waals surface area contributed by atoms with Crippen molar-refractivity contribution in [3.8, 4) is 0 Å². The summed E-state index contributed by atoms with van der Waals surface area (Å²) >= 11 is 3.43. The molecule has 0 radical (unpaired) electrons. The number of hydrogen-bond donors (Lipinski definition) is 0. The summed E-state index contributed by atoms with van der Waals surface area (Å²) in [6.45, 7) is 0. The Kier molecular flexibility index (Phi) is 1.29. The van der Waals surface area contributed by atoms with Gasteiger partial charge in [-0.2, -0.15) is 0 Å². The zero-order valence-corrected chi connectivity index (χ0v) is 8.15. The second-order valence-corrected chi connectivity index (χ2v) is 3.59. The molecule has 64 valence electrons. The van der Waals surface area contributed by atoms with Gasteiger partial charge in [0.1, 0.15) is 10.3 Å². The van der Waals surface area contributed by atoms with Crippen LogP contribution >= 0.6 is 15.9 Å². The molecule has 0 aliphatic rings. The van der Waals surface area contributed by atoms with Crippen molar-refractivity contribution in [2.75, 3.05) is 0 Å². The third-order valence-electron chi connectivity index (χ3n) is 2.04. The van der Waals surface area contributed by atoms with Crippen LogP contribution in [0.2, 0.25) is 0 Å². The summed E-state index contributed by atoms with van der Waals surface area (Å²) in [6, 6.07) is 5.77. The lowest BCUT2D eigenvalue weighted by Crippen LogP contribution is -1.84. The minimum Gasteiger partial charge on any atom is -0.463 e. The Bertz CT molecular complexity index is 581. The number of imidazole rings is 1. The highest BCUT2D eigenvalue weighted by Crippen LogP contribution is 2.21. The molecule has 3 aromatic rings. The van der Waals surface area contributed by atoms with Gasteiger partial charge in [-0.3, -0.25) is 4.40 Å². The summed E-state index contributed by atoms with van der Waals surface area (Å²) < 4.78 is 8.22. The standard InChI is InChI=1S/C9H5BrN2O/c10-8-5-11-9-2-1-7-6(12(8)9)3-4-13-7/h1-5H. The number of halogens is 1. The molecule has 3 aromatic heterocycles. The van der Waals surface area contributed by atoms with Gasteiger partial charge in [0.25, 0.3) is 0 Å². The van der Waals surface area contributed by atoms with Gasteiger partial charge in [0.05, 0.1) is 18.0 Å². The molecule has 0 aliphatic carbocycles. The number of fused-ring (bicyclic) bond motifs is 3. The molecule has 3 rings (SSSR count). The van der Waals surface area contributed by atoms with Crippen LogP contribution in [0.1, 0.15) is 0 Å². The Hall–Kier alpha value is -1.29. The number of aromatic nitrogens is 2. The number of rotatable bonds is 0. The van der Waals surface area contributed by atoms with Crippen LogP contribution in [0, 0.1) is 0 Å². The van der Waals surface area contributed by atoms with Crippen LogP contribution in [-0.4, -0.2) is 9.38 Å². The predicted molar refractivity (Wildman–Crippen MR) is 52.7 cm³/mol. The van der Waals surface area contributed by atoms with Crippen molar-refractivity contribution < 1.29 is 4.42 Å². The third-order valence-corrected chi connectivity index (χ3v) is 2.60. The zero-order valence-electron chi connectivity index (χ0n) is 6.57. The minimum atomic E-state index is 0.867. The number of nitrogens with zero attached hydrogens (tertiary/aromatic N) is 2. The van der Waals surface area contributed by atoms with E-state index in [1.54, 1.807) is 12.5 Å². The van der Waals surface area contributed by atoms with Gasteiger partial charge in [0.15, 0.2) is 5.58 Å². The minimum absolute atomic E-state index is 0.867. The molecule has 0 saturated carbocycles. The molecule has 0 amide bonds. The molecule has 13 heavy (non-hydrogen) atoms. The topological polar surface area (TPSA) is 30.4 Å². The summed E-state index contributed by atoms with van der Waals surface area (Å²) in [5.41, 5.74) is 2.81. The van der Waals surface area contributed by atoms with E-state index in [0.717, 1.165) is 21.4 Å². The van der Waals surface area contributed by atoms with E-state index in [4.69, 9.17) is 4.42 Å². The summed E-state index contributed by atoms with van der Waals surface area (Å²) in [7, 11) is 0. The predicted octanol–water partition coefficient (Wildman–Crippen LogP) is 2.84. The normalized spacial score (nSPS) is 11.5. The number of hydrogen-bond acceptors (Lipinski definition) is 2. The Balaban J connectivity index is 2.70. The van der Waals surface area contributed by atoms with Crippen LogP contribution in [0.4, 0.5) is 0 Å². The molecule has 0 unspecified atom stereocenters. The highest BCUT2D eigenvalue weighted by atomic mass is 79.9. The molecule has 0 N–H and O–H groups in total. The van der Waals surface area contributed by atoms with Gasteiger partial charge in [-0.25, -0.2) is 4.98 Å². The van der Waals surface area contributed by atoms with E-state index in [0.29, 0.717) is 0 Å². The second kappa shape index (κ2) is 2.35. The molecule has 3 nitrogen and oxygen atoms in total. The van der Waals surface area contributed by atoms with Gasteiger partial charge in [0, 0.05) is 6.07 Å². The van der Waals surface area contributed by atoms with Gasteiger partial charge < -0.3 is 4.42 Å². The molecule has 3 heterocycles. The van der Waals surface area contributed by atoms with Gasteiger partial charge in [0.2, 0.25) is 0 Å². The van der Waals surface area contributed by atoms with Crippen molar-refractivity contribution in [2.45, 2.75) is 0 Å². The highest BCUT2D eigenvalue weighted by molar-refractivity contribution is 9.10. The van der Waals surface area contributed by atoms with E-state index < -0.39 is 0 Å². The first kappa shape index (κ1) is 7.15. The maximum absolute atomic E-state index is 5.28. The Labute approximate surface area is 82.1 Å². The van der Waals surface area contributed by atoms with Crippen LogP contribution in [0.3, 0.4) is 0 Å². The monoisotopic (exact) mass is 236 g/mol. The van der Waals surface area contributed by atoms with Crippen molar-refractivity contribution in [1.82, 2.24) is 9.38 Å². The average molecular weight is 237 g/mol. The average Bonchev–Trinajstić information content (AvgIpc) is 2.70. The van der Waals surface area contributed by atoms with Crippen LogP contribution in [0.15, 0.2) is 39.7 Å². The largest absolute Gasteiger partial charge is 0.463 e. The molecule has 0 saturated heterocycles. The van der Waals surface area contributed by atoms with Crippen LogP contribution in [-0.2, 0) is 0 Å². The van der Waals surface area contributed by atoms with E-state index in [1.165, 1.54) is 0 Å². The molecule has 0 atom stereocenters. The fraction of sp³-hybridized carbons (Fsp3) is 0. The van der Waals surface area contributed by atoms with Crippen molar-refractivity contribution in [3.63, 3.8) is 0 Å².